The first-order chi connectivity index (χ1) is 20.1. The summed E-state index contributed by atoms with van der Waals surface area (Å²) >= 11 is 0. The predicted molar refractivity (Wildman–Crippen MR) is 158 cm³/mol. The molecule has 8 nitrogen and oxygen atoms in total. The van der Waals surface area contributed by atoms with Gasteiger partial charge in [0.05, 0.1) is 11.7 Å². The third-order valence-corrected chi connectivity index (χ3v) is 8.96. The molecule has 1 amide bonds. The number of fused-ring (bicyclic) bond motifs is 4. The van der Waals surface area contributed by atoms with Crippen LogP contribution in [-0.2, 0) is 39.0 Å². The fraction of sp³-hybridized carbons (Fsp3) is 0.355. The molecule has 0 saturated carbocycles. The Morgan fingerprint density at radius 2 is 1.84 bits per heavy atom. The van der Waals surface area contributed by atoms with Crippen molar-refractivity contribution in [2.24, 2.45) is 5.73 Å². The van der Waals surface area contributed by atoms with Gasteiger partial charge in [0.15, 0.2) is 5.75 Å². The van der Waals surface area contributed by atoms with Crippen LogP contribution in [0, 0.1) is 0 Å². The number of aryl methyl sites for hydroxylation is 1. The average Bonchev–Trinajstić information content (AvgIpc) is 3.21. The number of hydrogen-bond donors (Lipinski definition) is 2. The van der Waals surface area contributed by atoms with E-state index in [-0.39, 0.29) is 23.2 Å². The fourth-order valence-electron chi connectivity index (χ4n) is 4.97. The number of anilines is 1. The number of amides is 1. The number of nitrogens with one attached hydrogen (secondary N) is 1. The molecule has 2 unspecified atom stereocenters. The van der Waals surface area contributed by atoms with Crippen molar-refractivity contribution in [3.05, 3.63) is 101 Å². The maximum atomic E-state index is 13.7. The second-order valence-corrected chi connectivity index (χ2v) is 13.0. The number of hydrogen-bond acceptors (Lipinski definition) is 6. The number of cyclic esters (lactones) is 1. The number of nitrogens with two attached hydrogens (primary N) is 1. The minimum absolute atomic E-state index is 0.0106. The average molecular weight is 618 g/mol. The monoisotopic (exact) mass is 617 g/mol. The summed E-state index contributed by atoms with van der Waals surface area (Å²) in [5.41, 5.74) is 7.61. The molecule has 43 heavy (non-hydrogen) atoms. The highest BCUT2D eigenvalue weighted by atomic mass is 32.2. The van der Waals surface area contributed by atoms with E-state index in [0.717, 1.165) is 23.7 Å². The highest BCUT2D eigenvalue weighted by Crippen LogP contribution is 2.27. The normalized spacial score (nSPS) is 21.8. The number of halogens is 3. The first-order valence-electron chi connectivity index (χ1n) is 13.7. The lowest BCUT2D eigenvalue weighted by Crippen LogP contribution is -2.48. The van der Waals surface area contributed by atoms with Crippen molar-refractivity contribution >= 4 is 27.6 Å². The number of allylic oxidation sites excluding steroid dienone is 4. The maximum Gasteiger partial charge on any atom is 0.404 e. The van der Waals surface area contributed by atoms with E-state index in [4.69, 9.17) is 10.5 Å². The van der Waals surface area contributed by atoms with Crippen LogP contribution in [0.1, 0.15) is 46.8 Å². The molecule has 2 atom stereocenters. The van der Waals surface area contributed by atoms with E-state index in [1.54, 1.807) is 0 Å². The summed E-state index contributed by atoms with van der Waals surface area (Å²) < 4.78 is 70.2. The van der Waals surface area contributed by atoms with Crippen LogP contribution in [0.15, 0.2) is 78.4 Å². The van der Waals surface area contributed by atoms with E-state index in [9.17, 15) is 31.2 Å². The Bertz CT molecular complexity index is 1580. The van der Waals surface area contributed by atoms with E-state index in [2.05, 4.69) is 5.32 Å². The Labute approximate surface area is 249 Å². The molecule has 0 aromatic heterocycles. The third kappa shape index (κ3) is 8.57. The van der Waals surface area contributed by atoms with Crippen molar-refractivity contribution in [3.8, 4) is 0 Å². The van der Waals surface area contributed by atoms with E-state index >= 15 is 0 Å². The first-order valence-corrected chi connectivity index (χ1v) is 15.3. The van der Waals surface area contributed by atoms with Gasteiger partial charge in [0, 0.05) is 19.0 Å². The molecule has 3 N–H and O–H groups in total. The van der Waals surface area contributed by atoms with Crippen LogP contribution in [0.25, 0.3) is 0 Å². The summed E-state index contributed by atoms with van der Waals surface area (Å²) in [6, 6.07) is 11.1. The van der Waals surface area contributed by atoms with Gasteiger partial charge in [0.25, 0.3) is 5.91 Å². The first kappa shape index (κ1) is 32.0. The van der Waals surface area contributed by atoms with Gasteiger partial charge >= 0.3 is 12.1 Å². The zero-order valence-electron chi connectivity index (χ0n) is 23.9. The van der Waals surface area contributed by atoms with Gasteiger partial charge in [-0.05, 0) is 66.6 Å². The maximum absolute atomic E-state index is 13.7. The molecule has 1 aliphatic heterocycles. The molecule has 1 aliphatic carbocycles. The summed E-state index contributed by atoms with van der Waals surface area (Å²) in [6.07, 6.45) is 6.62. The number of nitrogens with zero attached hydrogens (tertiary/aromatic N) is 1. The van der Waals surface area contributed by atoms with Gasteiger partial charge in [-0.3, -0.25) is 13.9 Å². The standard InChI is InChI=1S/C31H34F3N3O5S/c1-30(35)18-22-9-7-8-21(14-22)12-13-27(24-10-5-3-4-6-11-24)36-28(38)25-15-23(19-42-29(30)39)16-26(17-25)37(2)43(40,41)20-31(32,33)34/h3-5,7-11,14-17,27H,6,12-13,18-20,35H2,1-2H3,(H,36,38). The predicted octanol–water partition coefficient (Wildman–Crippen LogP) is 4.51. The molecule has 12 heteroatoms. The summed E-state index contributed by atoms with van der Waals surface area (Å²) in [5, 5.41) is 3.02. The van der Waals surface area contributed by atoms with Gasteiger partial charge in [-0.2, -0.15) is 13.2 Å². The number of esters is 1. The van der Waals surface area contributed by atoms with Crippen LogP contribution < -0.4 is 15.4 Å². The molecule has 4 bridgehead atoms. The van der Waals surface area contributed by atoms with E-state index in [1.807, 2.05) is 54.6 Å². The minimum Gasteiger partial charge on any atom is -0.459 e. The van der Waals surface area contributed by atoms with Crippen LogP contribution in [-0.4, -0.2) is 50.9 Å². The lowest BCUT2D eigenvalue weighted by atomic mass is 9.91. The molecule has 0 saturated heterocycles. The molecule has 0 fully saturated rings. The Kier molecular flexibility index (Phi) is 9.50. The van der Waals surface area contributed by atoms with Crippen LogP contribution >= 0.6 is 0 Å². The number of alkyl halides is 3. The number of rotatable bonds is 4. The summed E-state index contributed by atoms with van der Waals surface area (Å²) in [6.45, 7) is 1.14. The minimum atomic E-state index is -4.97. The summed E-state index contributed by atoms with van der Waals surface area (Å²) in [7, 11) is -3.87. The molecule has 2 aromatic rings. The van der Waals surface area contributed by atoms with Crippen molar-refractivity contribution in [1.29, 1.82) is 0 Å². The molecule has 2 aliphatic rings. The number of sulfonamides is 1. The molecule has 2 aromatic carbocycles. The SMILES string of the molecule is CN(c1cc2cc(c1)C(=O)NC(C1=CCC=CC=C1)CCc1cccc(c1)CC(C)(N)C(=O)OC2)S(=O)(=O)CC(F)(F)F. The van der Waals surface area contributed by atoms with Crippen LogP contribution in [0.2, 0.25) is 0 Å². The van der Waals surface area contributed by atoms with E-state index in [0.29, 0.717) is 23.6 Å². The zero-order valence-corrected chi connectivity index (χ0v) is 24.7. The number of carbonyl (C=O) groups excluding carboxylic acids is 2. The highest BCUT2D eigenvalue weighted by Gasteiger charge is 2.38. The Morgan fingerprint density at radius 3 is 2.58 bits per heavy atom. The zero-order chi connectivity index (χ0) is 31.4. The number of carbonyl (C=O) groups is 2. The lowest BCUT2D eigenvalue weighted by Gasteiger charge is -2.25. The van der Waals surface area contributed by atoms with Crippen molar-refractivity contribution in [1.82, 2.24) is 5.32 Å². The van der Waals surface area contributed by atoms with Gasteiger partial charge in [-0.15, -0.1) is 0 Å². The second-order valence-electron chi connectivity index (χ2n) is 11.0. The largest absolute Gasteiger partial charge is 0.459 e. The molecule has 1 heterocycles. The summed E-state index contributed by atoms with van der Waals surface area (Å²) in [5.74, 6) is -3.39. The molecule has 0 radical (unpaired) electrons. The fourth-order valence-corrected chi connectivity index (χ4v) is 6.00. The van der Waals surface area contributed by atoms with Gasteiger partial charge < -0.3 is 15.8 Å². The van der Waals surface area contributed by atoms with Gasteiger partial charge in [0.1, 0.15) is 12.1 Å². The van der Waals surface area contributed by atoms with Crippen LogP contribution in [0.5, 0.6) is 0 Å². The number of ether oxygens (including phenoxy) is 1. The number of benzene rings is 2. The van der Waals surface area contributed by atoms with Crippen molar-refractivity contribution in [3.63, 3.8) is 0 Å². The molecule has 4 rings (SSSR count). The van der Waals surface area contributed by atoms with Crippen LogP contribution in [0.3, 0.4) is 0 Å². The third-order valence-electron chi connectivity index (χ3n) is 7.22. The topological polar surface area (TPSA) is 119 Å². The smallest absolute Gasteiger partial charge is 0.404 e. The van der Waals surface area contributed by atoms with Crippen molar-refractivity contribution in [2.45, 2.75) is 57.0 Å². The Hall–Kier alpha value is -3.90. The highest BCUT2D eigenvalue weighted by molar-refractivity contribution is 7.92. The van der Waals surface area contributed by atoms with E-state index < -0.39 is 52.0 Å². The molecule has 0 spiro atoms. The molecule has 230 valence electrons. The van der Waals surface area contributed by atoms with E-state index in [1.165, 1.54) is 25.1 Å². The quantitative estimate of drug-likeness (QED) is 0.488. The van der Waals surface area contributed by atoms with Gasteiger partial charge in [-0.1, -0.05) is 54.6 Å². The lowest BCUT2D eigenvalue weighted by molar-refractivity contribution is -0.150. The molecular formula is C31H34F3N3O5S. The van der Waals surface area contributed by atoms with Gasteiger partial charge in [-0.25, -0.2) is 8.42 Å². The Balaban J connectivity index is 1.77. The van der Waals surface area contributed by atoms with Crippen molar-refractivity contribution in [2.75, 3.05) is 17.1 Å². The van der Waals surface area contributed by atoms with Crippen molar-refractivity contribution < 1.29 is 35.9 Å². The Morgan fingerprint density at radius 1 is 1.09 bits per heavy atom. The second kappa shape index (κ2) is 12.8. The van der Waals surface area contributed by atoms with Crippen LogP contribution in [0.4, 0.5) is 18.9 Å². The summed E-state index contributed by atoms with van der Waals surface area (Å²) in [4.78, 5) is 26.6. The molecular weight excluding hydrogens is 583 g/mol. The van der Waals surface area contributed by atoms with Gasteiger partial charge in [0.2, 0.25) is 10.0 Å².